The molecule has 2 saturated heterocycles. The van der Waals surface area contributed by atoms with Gasteiger partial charge in [0.1, 0.15) is 17.2 Å². The molecular weight excluding hydrogens is 611 g/mol. The summed E-state index contributed by atoms with van der Waals surface area (Å²) in [5.41, 5.74) is 7.25. The van der Waals surface area contributed by atoms with Crippen LogP contribution in [0.25, 0.3) is 0 Å². The third-order valence-electron chi connectivity index (χ3n) is 9.19. The molecule has 4 rings (SSSR count). The SMILES string of the molecule is C=C1C2CCC(CC2)N1CCCNc1nc(/N=C(N)/C(=C\NC(CCC)CCC)CC)ncc1C(F)(F)F.CC.CCCC(C)CCC. The van der Waals surface area contributed by atoms with Crippen LogP contribution < -0.4 is 16.4 Å². The average molecular weight is 680 g/mol. The van der Waals surface area contributed by atoms with E-state index < -0.39 is 11.7 Å². The minimum atomic E-state index is -4.58. The molecule has 48 heavy (non-hydrogen) atoms. The number of piperidine rings is 2. The maximum Gasteiger partial charge on any atom is 0.421 e. The molecule has 0 amide bonds. The number of fused-ring (bicyclic) bond motifs is 3. The molecule has 4 N–H and O–H groups in total. The Morgan fingerprint density at radius 1 is 1.02 bits per heavy atom. The largest absolute Gasteiger partial charge is 0.421 e. The van der Waals surface area contributed by atoms with Gasteiger partial charge in [0, 0.05) is 48.8 Å². The maximum absolute atomic E-state index is 13.7. The van der Waals surface area contributed by atoms with E-state index in [1.165, 1.54) is 57.1 Å². The zero-order chi connectivity index (χ0) is 36.1. The van der Waals surface area contributed by atoms with Crippen LogP contribution >= 0.6 is 0 Å². The van der Waals surface area contributed by atoms with E-state index in [9.17, 15) is 13.2 Å². The molecule has 1 aromatic heterocycles. The van der Waals surface area contributed by atoms with Crippen LogP contribution in [-0.4, -0.2) is 45.9 Å². The number of alkyl halides is 3. The van der Waals surface area contributed by atoms with E-state index in [2.05, 4.69) is 71.7 Å². The summed E-state index contributed by atoms with van der Waals surface area (Å²) in [6, 6.07) is 0.852. The lowest BCUT2D eigenvalue weighted by Gasteiger charge is -2.48. The summed E-state index contributed by atoms with van der Waals surface area (Å²) in [5, 5.41) is 6.30. The molecule has 0 aromatic carbocycles. The molecule has 7 nitrogen and oxygen atoms in total. The van der Waals surface area contributed by atoms with Crippen LogP contribution in [-0.2, 0) is 6.18 Å². The molecule has 2 aliphatic heterocycles. The van der Waals surface area contributed by atoms with E-state index in [-0.39, 0.29) is 17.6 Å². The highest BCUT2D eigenvalue weighted by Crippen LogP contribution is 2.41. The fraction of sp³-hybridized carbons (Fsp3) is 0.763. The molecule has 1 aromatic rings. The van der Waals surface area contributed by atoms with Gasteiger partial charge in [-0.2, -0.15) is 23.1 Å². The van der Waals surface area contributed by atoms with Crippen LogP contribution in [0.15, 0.2) is 35.2 Å². The Morgan fingerprint density at radius 2 is 1.60 bits per heavy atom. The fourth-order valence-corrected chi connectivity index (χ4v) is 6.63. The van der Waals surface area contributed by atoms with Crippen molar-refractivity contribution in [3.63, 3.8) is 0 Å². The number of aliphatic imine (C=N–C) groups is 1. The number of hydrogen-bond donors (Lipinski definition) is 3. The number of rotatable bonds is 18. The monoisotopic (exact) mass is 680 g/mol. The summed E-state index contributed by atoms with van der Waals surface area (Å²) < 4.78 is 41.0. The number of amidine groups is 1. The van der Waals surface area contributed by atoms with E-state index >= 15 is 0 Å². The minimum Gasteiger partial charge on any atom is -0.388 e. The van der Waals surface area contributed by atoms with Gasteiger partial charge in [-0.05, 0) is 63.2 Å². The maximum atomic E-state index is 13.7. The molecule has 0 atom stereocenters. The zero-order valence-electron chi connectivity index (χ0n) is 31.5. The van der Waals surface area contributed by atoms with Crippen molar-refractivity contribution >= 4 is 17.6 Å². The molecule has 1 aliphatic carbocycles. The Hall–Kier alpha value is -2.78. The van der Waals surface area contributed by atoms with Gasteiger partial charge in [0.25, 0.3) is 5.95 Å². The number of halogens is 3. The van der Waals surface area contributed by atoms with Gasteiger partial charge in [-0.1, -0.05) is 100 Å². The standard InChI is InChI=1S/C28H44F3N7.C8H18.C2H6/c1-5-9-22(10-6-2)34-17-20(7-3)25(32)36-27-35-18-24(28(29,30)31)26(37-27)33-15-8-16-38-19(4)21-11-13-23(38)14-12-21;1-4-6-8(3)7-5-2;1-2/h17-18,21-23,34H,4-16H2,1-3H3,(H3,32,33,35,36,37);8H,4-7H2,1-3H3;1-2H3/b20-17-;;. The van der Waals surface area contributed by atoms with Gasteiger partial charge >= 0.3 is 6.18 Å². The van der Waals surface area contributed by atoms with Gasteiger partial charge in [0.2, 0.25) is 0 Å². The predicted molar refractivity (Wildman–Crippen MR) is 198 cm³/mol. The average Bonchev–Trinajstić information content (AvgIpc) is 3.06. The summed E-state index contributed by atoms with van der Waals surface area (Å²) in [4.78, 5) is 14.6. The molecule has 0 spiro atoms. The summed E-state index contributed by atoms with van der Waals surface area (Å²) in [7, 11) is 0. The molecule has 276 valence electrons. The molecule has 3 aliphatic rings. The van der Waals surface area contributed by atoms with Crippen LogP contribution in [0.1, 0.15) is 151 Å². The molecule has 1 saturated carbocycles. The van der Waals surface area contributed by atoms with Gasteiger partial charge < -0.3 is 21.3 Å². The normalized spacial score (nSPS) is 18.0. The molecular formula is C38H68F3N7. The molecule has 0 radical (unpaired) electrons. The Kier molecular flexibility index (Phi) is 21.2. The summed E-state index contributed by atoms with van der Waals surface area (Å²) in [5.74, 6) is 1.34. The minimum absolute atomic E-state index is 0.0993. The number of hydrogen-bond acceptors (Lipinski definition) is 6. The van der Waals surface area contributed by atoms with E-state index in [0.717, 1.165) is 49.9 Å². The quantitative estimate of drug-likeness (QED) is 0.0812. The van der Waals surface area contributed by atoms with Gasteiger partial charge in [-0.15, -0.1) is 0 Å². The van der Waals surface area contributed by atoms with Crippen molar-refractivity contribution in [1.82, 2.24) is 20.2 Å². The second kappa shape index (κ2) is 23.6. The topological polar surface area (TPSA) is 91.5 Å². The summed E-state index contributed by atoms with van der Waals surface area (Å²) in [6.07, 6.45) is 13.8. The highest BCUT2D eigenvalue weighted by molar-refractivity contribution is 5.98. The summed E-state index contributed by atoms with van der Waals surface area (Å²) in [6.45, 7) is 22.5. The van der Waals surface area contributed by atoms with E-state index in [0.29, 0.717) is 37.4 Å². The second-order valence-corrected chi connectivity index (χ2v) is 13.0. The lowest BCUT2D eigenvalue weighted by Crippen LogP contribution is -2.46. The van der Waals surface area contributed by atoms with Crippen LogP contribution in [0.5, 0.6) is 0 Å². The van der Waals surface area contributed by atoms with Crippen molar-refractivity contribution in [2.45, 2.75) is 164 Å². The van der Waals surface area contributed by atoms with E-state index in [1.54, 1.807) is 0 Å². The second-order valence-electron chi connectivity index (χ2n) is 13.0. The highest BCUT2D eigenvalue weighted by atomic mass is 19.4. The van der Waals surface area contributed by atoms with Crippen molar-refractivity contribution in [1.29, 1.82) is 0 Å². The Labute approximate surface area is 290 Å². The van der Waals surface area contributed by atoms with Crippen LogP contribution in [0.3, 0.4) is 0 Å². The van der Waals surface area contributed by atoms with Crippen molar-refractivity contribution in [3.05, 3.63) is 35.8 Å². The lowest BCUT2D eigenvalue weighted by atomic mass is 9.78. The number of nitrogens with zero attached hydrogens (tertiary/aromatic N) is 4. The Morgan fingerprint density at radius 3 is 2.10 bits per heavy atom. The van der Waals surface area contributed by atoms with E-state index in [1.807, 2.05) is 27.0 Å². The lowest BCUT2D eigenvalue weighted by molar-refractivity contribution is -0.137. The first-order valence-corrected chi connectivity index (χ1v) is 18.9. The van der Waals surface area contributed by atoms with E-state index in [4.69, 9.17) is 5.73 Å². The first-order valence-electron chi connectivity index (χ1n) is 18.9. The predicted octanol–water partition coefficient (Wildman–Crippen LogP) is 10.8. The molecule has 0 unspecified atom stereocenters. The Bertz CT molecular complexity index is 1080. The smallest absolute Gasteiger partial charge is 0.388 e. The molecule has 2 bridgehead atoms. The van der Waals surface area contributed by atoms with Crippen molar-refractivity contribution in [2.75, 3.05) is 18.4 Å². The van der Waals surface area contributed by atoms with Crippen LogP contribution in [0, 0.1) is 11.8 Å². The molecule has 3 fully saturated rings. The number of anilines is 1. The highest BCUT2D eigenvalue weighted by Gasteiger charge is 2.36. The van der Waals surface area contributed by atoms with Gasteiger partial charge in [-0.3, -0.25) is 0 Å². The zero-order valence-corrected chi connectivity index (χ0v) is 31.5. The van der Waals surface area contributed by atoms with Gasteiger partial charge in [-0.25, -0.2) is 4.98 Å². The number of nitrogens with one attached hydrogen (secondary N) is 2. The summed E-state index contributed by atoms with van der Waals surface area (Å²) >= 11 is 0. The van der Waals surface area contributed by atoms with Crippen molar-refractivity contribution in [3.8, 4) is 0 Å². The fourth-order valence-electron chi connectivity index (χ4n) is 6.63. The van der Waals surface area contributed by atoms with Gasteiger partial charge in [0.05, 0.1) is 0 Å². The van der Waals surface area contributed by atoms with Crippen molar-refractivity contribution in [2.24, 2.45) is 22.6 Å². The molecule has 10 heteroatoms. The Balaban J connectivity index is 0.00000101. The first-order chi connectivity index (χ1) is 23.0. The third-order valence-corrected chi connectivity index (χ3v) is 9.19. The molecule has 3 heterocycles. The van der Waals surface area contributed by atoms with Crippen molar-refractivity contribution < 1.29 is 13.2 Å². The number of allylic oxidation sites excluding steroid dienone is 1. The van der Waals surface area contributed by atoms with Crippen LogP contribution in [0.2, 0.25) is 0 Å². The van der Waals surface area contributed by atoms with Gasteiger partial charge in [0.15, 0.2) is 0 Å². The first kappa shape index (κ1) is 43.2. The number of nitrogens with two attached hydrogens (primary N) is 1. The van der Waals surface area contributed by atoms with Crippen LogP contribution in [0.4, 0.5) is 24.9 Å². The third kappa shape index (κ3) is 14.8. The number of aromatic nitrogens is 2.